The lowest BCUT2D eigenvalue weighted by Crippen LogP contribution is -2.54. The Bertz CT molecular complexity index is 1460. The van der Waals surface area contributed by atoms with Crippen LogP contribution in [0.15, 0.2) is 48.7 Å². The Morgan fingerprint density at radius 3 is 2.39 bits per heavy atom. The highest BCUT2D eigenvalue weighted by Crippen LogP contribution is 2.37. The molecule has 0 unspecified atom stereocenters. The van der Waals surface area contributed by atoms with Crippen LogP contribution in [0.1, 0.15) is 48.9 Å². The number of alkyl halides is 3. The number of anilines is 2. The maximum atomic E-state index is 14.6. The van der Waals surface area contributed by atoms with Gasteiger partial charge in [0, 0.05) is 30.9 Å². The van der Waals surface area contributed by atoms with E-state index in [0.717, 1.165) is 11.6 Å². The number of rotatable bonds is 6. The Labute approximate surface area is 235 Å². The summed E-state index contributed by atoms with van der Waals surface area (Å²) in [6, 6.07) is 9.35. The summed E-state index contributed by atoms with van der Waals surface area (Å²) in [5.41, 5.74) is 5.40. The van der Waals surface area contributed by atoms with E-state index in [9.17, 15) is 27.2 Å². The van der Waals surface area contributed by atoms with Crippen molar-refractivity contribution in [3.63, 3.8) is 0 Å². The van der Waals surface area contributed by atoms with Crippen LogP contribution in [0.5, 0.6) is 0 Å². The number of primary amides is 1. The summed E-state index contributed by atoms with van der Waals surface area (Å²) in [6.45, 7) is 5.83. The van der Waals surface area contributed by atoms with Crippen LogP contribution in [-0.4, -0.2) is 45.8 Å². The molecule has 0 saturated carbocycles. The van der Waals surface area contributed by atoms with E-state index < -0.39 is 29.2 Å². The van der Waals surface area contributed by atoms with Crippen molar-refractivity contribution < 1.29 is 27.2 Å². The molecule has 0 atom stereocenters. The molecule has 5 rings (SSSR count). The maximum absolute atomic E-state index is 14.6. The predicted octanol–water partition coefficient (Wildman–Crippen LogP) is 5.18. The molecule has 1 aromatic heterocycles. The zero-order chi connectivity index (χ0) is 29.7. The number of halogens is 4. The first kappa shape index (κ1) is 28.4. The fourth-order valence-corrected chi connectivity index (χ4v) is 5.59. The van der Waals surface area contributed by atoms with Gasteiger partial charge in [-0.3, -0.25) is 14.4 Å². The summed E-state index contributed by atoms with van der Waals surface area (Å²) < 4.78 is 57.5. The van der Waals surface area contributed by atoms with Crippen molar-refractivity contribution in [2.45, 2.75) is 64.5 Å². The number of nitrogens with two attached hydrogens (primary N) is 1. The number of aryl methyl sites for hydroxylation is 1. The van der Waals surface area contributed by atoms with Crippen molar-refractivity contribution >= 4 is 23.4 Å². The third kappa shape index (κ3) is 5.22. The van der Waals surface area contributed by atoms with Crippen LogP contribution in [-0.2, 0) is 29.6 Å². The van der Waals surface area contributed by atoms with Crippen LogP contribution in [0.2, 0.25) is 0 Å². The summed E-state index contributed by atoms with van der Waals surface area (Å²) in [5, 5.41) is 4.48. The van der Waals surface area contributed by atoms with Gasteiger partial charge in [-0.2, -0.15) is 18.3 Å². The number of hydrogen-bond donors (Lipinski definition) is 1. The first-order chi connectivity index (χ1) is 19.3. The van der Waals surface area contributed by atoms with Crippen LogP contribution in [0, 0.1) is 12.7 Å². The van der Waals surface area contributed by atoms with Gasteiger partial charge in [-0.05, 0) is 56.9 Å². The van der Waals surface area contributed by atoms with Gasteiger partial charge in [0.1, 0.15) is 11.4 Å². The van der Waals surface area contributed by atoms with E-state index >= 15 is 0 Å². The molecule has 1 fully saturated rings. The minimum atomic E-state index is -4.61. The second kappa shape index (κ2) is 10.4. The van der Waals surface area contributed by atoms with E-state index in [-0.39, 0.29) is 36.3 Å². The molecule has 2 N–H and O–H groups in total. The van der Waals surface area contributed by atoms with E-state index in [1.807, 2.05) is 17.9 Å². The number of nitrogens with zero attached hydrogens (tertiary/aromatic N) is 5. The number of para-hydroxylation sites is 1. The number of fused-ring (bicyclic) bond motifs is 1. The summed E-state index contributed by atoms with van der Waals surface area (Å²) in [4.78, 5) is 31.0. The number of urea groups is 1. The van der Waals surface area contributed by atoms with Crippen LogP contribution in [0.25, 0.3) is 0 Å². The number of amides is 3. The topological polar surface area (TPSA) is 87.7 Å². The molecule has 1 saturated heterocycles. The molecule has 0 bridgehead atoms. The summed E-state index contributed by atoms with van der Waals surface area (Å²) >= 11 is 0. The monoisotopic (exact) mass is 572 g/mol. The van der Waals surface area contributed by atoms with Crippen LogP contribution in [0.3, 0.4) is 0 Å². The Morgan fingerprint density at radius 1 is 1.07 bits per heavy atom. The number of carbonyl (C=O) groups excluding carboxylic acids is 2. The molecule has 12 heteroatoms. The first-order valence-corrected chi connectivity index (χ1v) is 13.4. The van der Waals surface area contributed by atoms with E-state index in [1.165, 1.54) is 33.8 Å². The average Bonchev–Trinajstić information content (AvgIpc) is 3.35. The second-order valence-electron chi connectivity index (χ2n) is 11.1. The fourth-order valence-electron chi connectivity index (χ4n) is 5.59. The Kier molecular flexibility index (Phi) is 7.20. The van der Waals surface area contributed by atoms with Crippen molar-refractivity contribution in [3.05, 3.63) is 76.7 Å². The normalized spacial score (nSPS) is 16.8. The minimum absolute atomic E-state index is 0.0743. The summed E-state index contributed by atoms with van der Waals surface area (Å²) in [7, 11) is 0. The Balaban J connectivity index is 1.47. The second-order valence-corrected chi connectivity index (χ2v) is 11.1. The van der Waals surface area contributed by atoms with Crippen molar-refractivity contribution in [2.24, 2.45) is 5.73 Å². The van der Waals surface area contributed by atoms with Gasteiger partial charge in [0.15, 0.2) is 5.82 Å². The van der Waals surface area contributed by atoms with Gasteiger partial charge in [-0.15, -0.1) is 0 Å². The quantitative estimate of drug-likeness (QED) is 0.413. The number of piperidine rings is 1. The highest BCUT2D eigenvalue weighted by atomic mass is 19.4. The zero-order valence-corrected chi connectivity index (χ0v) is 23.1. The lowest BCUT2D eigenvalue weighted by atomic mass is 9.99. The van der Waals surface area contributed by atoms with Gasteiger partial charge in [-0.1, -0.05) is 30.3 Å². The van der Waals surface area contributed by atoms with E-state index in [0.29, 0.717) is 37.2 Å². The molecule has 3 amide bonds. The lowest BCUT2D eigenvalue weighted by Gasteiger charge is -2.43. The third-order valence-corrected chi connectivity index (χ3v) is 8.08. The maximum Gasteiger partial charge on any atom is 0.416 e. The molecule has 218 valence electrons. The standard InChI is InChI=1S/C29H32F4N6O2/c1-18-7-6-10-23(30)24(18)36-13-11-21(12-14-36)37-16-20-17-39(28(2,3)26(34)40)35-25(20)38(27(37)41)15-19-8-4-5-9-22(19)29(31,32)33/h4-10,17,21H,11-16H2,1-3H3,(H2,34,40). The van der Waals surface area contributed by atoms with E-state index in [2.05, 4.69) is 5.10 Å². The molecule has 2 aliphatic rings. The van der Waals surface area contributed by atoms with Crippen molar-refractivity contribution in [3.8, 4) is 0 Å². The van der Waals surface area contributed by atoms with Gasteiger partial charge in [-0.25, -0.2) is 9.18 Å². The van der Waals surface area contributed by atoms with E-state index in [4.69, 9.17) is 5.73 Å². The lowest BCUT2D eigenvalue weighted by molar-refractivity contribution is -0.138. The van der Waals surface area contributed by atoms with Crippen molar-refractivity contribution in [1.82, 2.24) is 14.7 Å². The van der Waals surface area contributed by atoms with Crippen molar-refractivity contribution in [2.75, 3.05) is 22.9 Å². The summed E-state index contributed by atoms with van der Waals surface area (Å²) in [6.07, 6.45) is -1.89. The van der Waals surface area contributed by atoms with Crippen LogP contribution in [0.4, 0.5) is 33.9 Å². The molecular formula is C29H32F4N6O2. The van der Waals surface area contributed by atoms with Crippen molar-refractivity contribution in [1.29, 1.82) is 0 Å². The molecule has 2 aliphatic heterocycles. The van der Waals surface area contributed by atoms with Crippen LogP contribution < -0.4 is 15.5 Å². The Hall–Kier alpha value is -4.09. The van der Waals surface area contributed by atoms with Gasteiger partial charge in [0.2, 0.25) is 5.91 Å². The molecule has 0 spiro atoms. The first-order valence-electron chi connectivity index (χ1n) is 13.4. The molecule has 0 radical (unpaired) electrons. The van der Waals surface area contributed by atoms with Gasteiger partial charge in [0.25, 0.3) is 0 Å². The fraction of sp³-hybridized carbons (Fsp3) is 0.414. The molecule has 3 aromatic rings. The highest BCUT2D eigenvalue weighted by molar-refractivity contribution is 5.94. The highest BCUT2D eigenvalue weighted by Gasteiger charge is 2.41. The SMILES string of the molecule is Cc1cccc(F)c1N1CCC(N2Cc3cn(C(C)(C)C(N)=O)nc3N(Cc3ccccc3C(F)(F)F)C2=O)CC1. The number of benzene rings is 2. The minimum Gasteiger partial charge on any atom is -0.369 e. The number of aromatic nitrogens is 2. The molecule has 0 aliphatic carbocycles. The Morgan fingerprint density at radius 2 is 1.76 bits per heavy atom. The largest absolute Gasteiger partial charge is 0.416 e. The zero-order valence-electron chi connectivity index (χ0n) is 23.1. The molecule has 8 nitrogen and oxygen atoms in total. The third-order valence-electron chi connectivity index (χ3n) is 8.08. The number of hydrogen-bond acceptors (Lipinski definition) is 4. The molecule has 41 heavy (non-hydrogen) atoms. The number of carbonyl (C=O) groups is 2. The summed E-state index contributed by atoms with van der Waals surface area (Å²) in [5.74, 6) is -0.761. The smallest absolute Gasteiger partial charge is 0.369 e. The van der Waals surface area contributed by atoms with Gasteiger partial charge < -0.3 is 15.5 Å². The predicted molar refractivity (Wildman–Crippen MR) is 146 cm³/mol. The van der Waals surface area contributed by atoms with Gasteiger partial charge in [0.05, 0.1) is 24.3 Å². The van der Waals surface area contributed by atoms with E-state index in [1.54, 1.807) is 31.0 Å². The molecular weight excluding hydrogens is 540 g/mol. The molecule has 2 aromatic carbocycles. The van der Waals surface area contributed by atoms with Gasteiger partial charge >= 0.3 is 12.2 Å². The molecule has 3 heterocycles. The average molecular weight is 573 g/mol. The van der Waals surface area contributed by atoms with Crippen LogP contribution >= 0.6 is 0 Å².